The van der Waals surface area contributed by atoms with Crippen LogP contribution in [-0.4, -0.2) is 12.1 Å². The van der Waals surface area contributed by atoms with E-state index in [4.69, 9.17) is 11.6 Å². The van der Waals surface area contributed by atoms with E-state index < -0.39 is 6.36 Å². The molecule has 2 aromatic rings. The maximum Gasteiger partial charge on any atom is 0.573 e. The van der Waals surface area contributed by atoms with Crippen LogP contribution < -0.4 is 4.74 Å². The number of alkyl halides is 3. The lowest BCUT2D eigenvalue weighted by molar-refractivity contribution is -0.274. The molecule has 6 heteroatoms. The Labute approximate surface area is 129 Å². The number of ether oxygens (including phenoxy) is 1. The molecule has 0 fully saturated rings. The number of hydrogen-bond donors (Lipinski definition) is 0. The highest BCUT2D eigenvalue weighted by Crippen LogP contribution is 2.25. The summed E-state index contributed by atoms with van der Waals surface area (Å²) in [6.45, 7) is 3.68. The summed E-state index contributed by atoms with van der Waals surface area (Å²) in [6, 6.07) is 11.2. The molecule has 0 saturated carbocycles. The molecule has 0 aliphatic rings. The quantitative estimate of drug-likeness (QED) is 0.575. The highest BCUT2D eigenvalue weighted by molar-refractivity contribution is 6.31. The maximum absolute atomic E-state index is 12.2. The fraction of sp³-hybridized carbons (Fsp3) is 0.0625. The van der Waals surface area contributed by atoms with E-state index in [1.807, 2.05) is 0 Å². The second-order valence-corrected chi connectivity index (χ2v) is 4.82. The van der Waals surface area contributed by atoms with Crippen LogP contribution in [-0.2, 0) is 0 Å². The van der Waals surface area contributed by atoms with Crippen molar-refractivity contribution >= 4 is 23.0 Å². The van der Waals surface area contributed by atoms with Gasteiger partial charge in [-0.15, -0.1) is 13.2 Å². The van der Waals surface area contributed by atoms with Crippen LogP contribution in [0.2, 0.25) is 5.02 Å². The van der Waals surface area contributed by atoms with E-state index >= 15 is 0 Å². The van der Waals surface area contributed by atoms with Crippen LogP contribution in [0.1, 0.15) is 15.9 Å². The maximum atomic E-state index is 12.2. The van der Waals surface area contributed by atoms with E-state index in [9.17, 15) is 18.0 Å². The van der Waals surface area contributed by atoms with Crippen molar-refractivity contribution in [2.24, 2.45) is 0 Å². The normalized spacial score (nSPS) is 11.1. The lowest BCUT2D eigenvalue weighted by Crippen LogP contribution is -2.17. The van der Waals surface area contributed by atoms with Gasteiger partial charge in [-0.2, -0.15) is 0 Å². The molecule has 0 amide bonds. The van der Waals surface area contributed by atoms with Crippen LogP contribution >= 0.6 is 11.6 Å². The average Bonchev–Trinajstić information content (AvgIpc) is 2.46. The van der Waals surface area contributed by atoms with Crippen LogP contribution in [0.25, 0.3) is 5.57 Å². The van der Waals surface area contributed by atoms with Gasteiger partial charge in [-0.05, 0) is 42.0 Å². The molecule has 0 heterocycles. The van der Waals surface area contributed by atoms with Crippen molar-refractivity contribution < 1.29 is 22.7 Å². The molecule has 2 nitrogen and oxygen atoms in total. The Morgan fingerprint density at radius 2 is 1.45 bits per heavy atom. The van der Waals surface area contributed by atoms with Crippen LogP contribution in [0.3, 0.4) is 0 Å². The molecule has 0 spiro atoms. The fourth-order valence-electron chi connectivity index (χ4n) is 1.76. The zero-order chi connectivity index (χ0) is 16.3. The Balaban J connectivity index is 2.15. The van der Waals surface area contributed by atoms with Gasteiger partial charge in [0.05, 0.1) is 0 Å². The van der Waals surface area contributed by atoms with Gasteiger partial charge in [0.1, 0.15) is 5.75 Å². The van der Waals surface area contributed by atoms with E-state index in [-0.39, 0.29) is 17.1 Å². The zero-order valence-corrected chi connectivity index (χ0v) is 11.9. The topological polar surface area (TPSA) is 26.3 Å². The Hall–Kier alpha value is -2.27. The van der Waals surface area contributed by atoms with Crippen molar-refractivity contribution in [3.05, 3.63) is 71.3 Å². The van der Waals surface area contributed by atoms with Gasteiger partial charge in [-0.3, -0.25) is 4.79 Å². The van der Waals surface area contributed by atoms with E-state index in [0.29, 0.717) is 16.1 Å². The van der Waals surface area contributed by atoms with Gasteiger partial charge in [0, 0.05) is 16.2 Å². The lowest BCUT2D eigenvalue weighted by Gasteiger charge is -2.10. The highest BCUT2D eigenvalue weighted by atomic mass is 35.5. The molecule has 0 N–H and O–H groups in total. The first-order chi connectivity index (χ1) is 10.3. The van der Waals surface area contributed by atoms with Crippen molar-refractivity contribution in [3.8, 4) is 5.75 Å². The minimum atomic E-state index is -4.75. The van der Waals surface area contributed by atoms with Crippen LogP contribution in [0.5, 0.6) is 5.75 Å². The van der Waals surface area contributed by atoms with Crippen molar-refractivity contribution in [2.75, 3.05) is 0 Å². The SMILES string of the molecule is C=C(C(=O)c1ccc(Cl)cc1)c1ccc(OC(F)(F)F)cc1. The standard InChI is InChI=1S/C16H10ClF3O2/c1-10(15(21)12-2-6-13(17)7-3-12)11-4-8-14(9-5-11)22-16(18,19)20/h2-9H,1H2. The first-order valence-corrected chi connectivity index (χ1v) is 6.49. The smallest absolute Gasteiger partial charge is 0.406 e. The molecule has 22 heavy (non-hydrogen) atoms. The third-order valence-electron chi connectivity index (χ3n) is 2.82. The van der Waals surface area contributed by atoms with Crippen molar-refractivity contribution in [1.29, 1.82) is 0 Å². The number of rotatable bonds is 4. The summed E-state index contributed by atoms with van der Waals surface area (Å²) < 4.78 is 40.0. The van der Waals surface area contributed by atoms with Crippen LogP contribution in [0.4, 0.5) is 13.2 Å². The Morgan fingerprint density at radius 1 is 0.955 bits per heavy atom. The molecular formula is C16H10ClF3O2. The van der Waals surface area contributed by atoms with E-state index in [2.05, 4.69) is 11.3 Å². The molecular weight excluding hydrogens is 317 g/mol. The molecule has 0 aromatic heterocycles. The molecule has 0 radical (unpaired) electrons. The number of Topliss-reactive ketones (excluding diaryl/α,β-unsaturated/α-hetero) is 1. The molecule has 0 unspecified atom stereocenters. The van der Waals surface area contributed by atoms with Crippen LogP contribution in [0, 0.1) is 0 Å². The average molecular weight is 327 g/mol. The molecule has 2 aromatic carbocycles. The van der Waals surface area contributed by atoms with Crippen molar-refractivity contribution in [2.45, 2.75) is 6.36 Å². The van der Waals surface area contributed by atoms with Gasteiger partial charge in [0.15, 0.2) is 5.78 Å². The highest BCUT2D eigenvalue weighted by Gasteiger charge is 2.31. The number of benzene rings is 2. The van der Waals surface area contributed by atoms with E-state index in [1.165, 1.54) is 12.1 Å². The molecule has 0 aliphatic carbocycles. The monoisotopic (exact) mass is 326 g/mol. The number of hydrogen-bond acceptors (Lipinski definition) is 2. The number of carbonyl (C=O) groups is 1. The largest absolute Gasteiger partial charge is 0.573 e. The third kappa shape index (κ3) is 4.11. The van der Waals surface area contributed by atoms with Gasteiger partial charge in [0.25, 0.3) is 0 Å². The Bertz CT molecular complexity index is 689. The van der Waals surface area contributed by atoms with Crippen LogP contribution in [0.15, 0.2) is 55.1 Å². The summed E-state index contributed by atoms with van der Waals surface area (Å²) in [6.07, 6.45) is -4.75. The number of ketones is 1. The Morgan fingerprint density at radius 3 is 1.95 bits per heavy atom. The summed E-state index contributed by atoms with van der Waals surface area (Å²) >= 11 is 5.74. The number of allylic oxidation sites excluding steroid dienone is 1. The second-order valence-electron chi connectivity index (χ2n) is 4.39. The van der Waals surface area contributed by atoms with Gasteiger partial charge < -0.3 is 4.74 Å². The second kappa shape index (κ2) is 6.23. The summed E-state index contributed by atoms with van der Waals surface area (Å²) in [7, 11) is 0. The summed E-state index contributed by atoms with van der Waals surface area (Å²) in [4.78, 5) is 12.2. The minimum Gasteiger partial charge on any atom is -0.406 e. The van der Waals surface area contributed by atoms with Gasteiger partial charge in [-0.25, -0.2) is 0 Å². The predicted octanol–water partition coefficient (Wildman–Crippen LogP) is 5.13. The third-order valence-corrected chi connectivity index (χ3v) is 3.07. The number of carbonyl (C=O) groups excluding carboxylic acids is 1. The first kappa shape index (κ1) is 16.1. The van der Waals surface area contributed by atoms with Crippen molar-refractivity contribution in [3.63, 3.8) is 0 Å². The number of halogens is 4. The summed E-state index contributed by atoms with van der Waals surface area (Å²) in [5.74, 6) is -0.691. The summed E-state index contributed by atoms with van der Waals surface area (Å²) in [5.41, 5.74) is 0.973. The molecule has 0 saturated heterocycles. The van der Waals surface area contributed by atoms with Crippen molar-refractivity contribution in [1.82, 2.24) is 0 Å². The lowest BCUT2D eigenvalue weighted by atomic mass is 9.98. The first-order valence-electron chi connectivity index (χ1n) is 6.11. The Kier molecular flexibility index (Phi) is 4.56. The molecule has 0 aliphatic heterocycles. The van der Waals surface area contributed by atoms with E-state index in [1.54, 1.807) is 24.3 Å². The zero-order valence-electron chi connectivity index (χ0n) is 11.2. The van der Waals surface area contributed by atoms with Gasteiger partial charge in [0.2, 0.25) is 0 Å². The fourth-order valence-corrected chi connectivity index (χ4v) is 1.89. The molecule has 0 bridgehead atoms. The van der Waals surface area contributed by atoms with E-state index in [0.717, 1.165) is 12.1 Å². The molecule has 0 atom stereocenters. The molecule has 2 rings (SSSR count). The van der Waals surface area contributed by atoms with Gasteiger partial charge >= 0.3 is 6.36 Å². The predicted molar refractivity (Wildman–Crippen MR) is 77.9 cm³/mol. The summed E-state index contributed by atoms with van der Waals surface area (Å²) in [5, 5.41) is 0.496. The minimum absolute atomic E-state index is 0.167. The van der Waals surface area contributed by atoms with Gasteiger partial charge in [-0.1, -0.05) is 30.3 Å². The molecule has 114 valence electrons.